The van der Waals surface area contributed by atoms with Crippen molar-refractivity contribution in [3.05, 3.63) is 53.9 Å². The third kappa shape index (κ3) is 5.28. The van der Waals surface area contributed by atoms with Crippen molar-refractivity contribution in [1.29, 1.82) is 0 Å². The number of hydrogen-bond acceptors (Lipinski definition) is 4. The smallest absolute Gasteiger partial charge is 0.194 e. The summed E-state index contributed by atoms with van der Waals surface area (Å²) >= 11 is 0. The molecule has 166 valence electrons. The molecule has 0 amide bonds. The van der Waals surface area contributed by atoms with Crippen LogP contribution in [0.3, 0.4) is 0 Å². The van der Waals surface area contributed by atoms with Crippen LogP contribution in [-0.4, -0.2) is 59.4 Å². The lowest BCUT2D eigenvalue weighted by Gasteiger charge is -2.22. The molecule has 1 N–H and O–H groups in total. The van der Waals surface area contributed by atoms with E-state index < -0.39 is 0 Å². The van der Waals surface area contributed by atoms with Crippen LogP contribution in [-0.2, 0) is 13.6 Å². The van der Waals surface area contributed by atoms with Crippen molar-refractivity contribution in [2.75, 3.05) is 38.6 Å². The van der Waals surface area contributed by atoms with Gasteiger partial charge in [0.2, 0.25) is 0 Å². The molecule has 7 nitrogen and oxygen atoms in total. The summed E-state index contributed by atoms with van der Waals surface area (Å²) in [7, 11) is 6.02. The summed E-state index contributed by atoms with van der Waals surface area (Å²) in [5.41, 5.74) is 3.52. The summed E-state index contributed by atoms with van der Waals surface area (Å²) in [4.78, 5) is 14.2. The summed E-state index contributed by atoms with van der Waals surface area (Å²) in [5, 5.41) is 8.99. The molecule has 1 unspecified atom stereocenters. The first-order valence-corrected chi connectivity index (χ1v) is 10.6. The van der Waals surface area contributed by atoms with Crippen molar-refractivity contribution in [2.45, 2.75) is 25.8 Å². The van der Waals surface area contributed by atoms with Gasteiger partial charge in [-0.2, -0.15) is 5.10 Å². The highest BCUT2D eigenvalue weighted by Crippen LogP contribution is 2.27. The fourth-order valence-electron chi connectivity index (χ4n) is 4.05. The summed E-state index contributed by atoms with van der Waals surface area (Å²) in [6.45, 7) is 5.58. The molecule has 1 aromatic carbocycles. The molecule has 1 saturated heterocycles. The average molecular weight is 533 g/mol. The van der Waals surface area contributed by atoms with Crippen molar-refractivity contribution in [1.82, 2.24) is 25.0 Å². The first kappa shape index (κ1) is 23.3. The highest BCUT2D eigenvalue weighted by atomic mass is 127. The topological polar surface area (TPSA) is 61.6 Å². The molecule has 8 heteroatoms. The minimum absolute atomic E-state index is 0. The molecular weight excluding hydrogens is 501 g/mol. The van der Waals surface area contributed by atoms with Crippen molar-refractivity contribution in [3.63, 3.8) is 0 Å². The Balaban J connectivity index is 0.00000272. The zero-order valence-electron chi connectivity index (χ0n) is 18.7. The number of aliphatic imine (C=N–C) groups is 1. The predicted molar refractivity (Wildman–Crippen MR) is 138 cm³/mol. The maximum absolute atomic E-state index is 5.01. The summed E-state index contributed by atoms with van der Waals surface area (Å²) in [5.74, 6) is 2.45. The van der Waals surface area contributed by atoms with Crippen molar-refractivity contribution in [3.8, 4) is 0 Å². The Morgan fingerprint density at radius 2 is 2.10 bits per heavy atom. The monoisotopic (exact) mass is 533 g/mol. The van der Waals surface area contributed by atoms with E-state index in [1.165, 1.54) is 11.1 Å². The van der Waals surface area contributed by atoms with E-state index in [2.05, 4.69) is 52.7 Å². The minimum atomic E-state index is 0. The lowest BCUT2D eigenvalue weighted by atomic mass is 10.0. The maximum Gasteiger partial charge on any atom is 0.194 e. The van der Waals surface area contributed by atoms with Crippen LogP contribution in [0.2, 0.25) is 0 Å². The standard InChI is InChI=1S/C23H31N7.HI/c1-5-24-23(30-11-10-17(16-30)19-14-26-29(4)15-19)25-13-18-12-22(28(2)3)27-21-9-7-6-8-20(18)21;/h6-9,12,14-15,17H,5,10-11,13,16H2,1-4H3,(H,24,25);1H. The lowest BCUT2D eigenvalue weighted by Crippen LogP contribution is -2.40. The van der Waals surface area contributed by atoms with Gasteiger partial charge in [0.25, 0.3) is 0 Å². The number of nitrogens with zero attached hydrogens (tertiary/aromatic N) is 6. The first-order valence-electron chi connectivity index (χ1n) is 10.6. The van der Waals surface area contributed by atoms with E-state index in [0.717, 1.165) is 48.7 Å². The number of aryl methyl sites for hydroxylation is 1. The van der Waals surface area contributed by atoms with Gasteiger partial charge in [-0.15, -0.1) is 24.0 Å². The Bertz CT molecular complexity index is 1040. The van der Waals surface area contributed by atoms with Gasteiger partial charge in [0.1, 0.15) is 5.82 Å². The van der Waals surface area contributed by atoms with Crippen molar-refractivity contribution < 1.29 is 0 Å². The molecule has 31 heavy (non-hydrogen) atoms. The lowest BCUT2D eigenvalue weighted by molar-refractivity contribution is 0.486. The molecule has 1 aliphatic heterocycles. The molecule has 0 spiro atoms. The average Bonchev–Trinajstić information content (AvgIpc) is 3.39. The van der Waals surface area contributed by atoms with Crippen LogP contribution in [0, 0.1) is 0 Å². The van der Waals surface area contributed by atoms with Crippen LogP contribution in [0.4, 0.5) is 5.82 Å². The molecule has 1 aliphatic rings. The number of pyridine rings is 1. The second kappa shape index (κ2) is 10.3. The molecule has 4 rings (SSSR count). The minimum Gasteiger partial charge on any atom is -0.363 e. The van der Waals surface area contributed by atoms with Gasteiger partial charge < -0.3 is 15.1 Å². The molecule has 1 atom stereocenters. The maximum atomic E-state index is 5.01. The number of rotatable bonds is 5. The van der Waals surface area contributed by atoms with Gasteiger partial charge in [0, 0.05) is 58.3 Å². The van der Waals surface area contributed by atoms with Gasteiger partial charge in [-0.3, -0.25) is 4.68 Å². The Labute approximate surface area is 201 Å². The number of halogens is 1. The van der Waals surface area contributed by atoms with E-state index in [-0.39, 0.29) is 24.0 Å². The third-order valence-corrected chi connectivity index (χ3v) is 5.66. The van der Waals surface area contributed by atoms with E-state index >= 15 is 0 Å². The summed E-state index contributed by atoms with van der Waals surface area (Å²) in [6, 6.07) is 10.5. The van der Waals surface area contributed by atoms with Crippen LogP contribution in [0.1, 0.15) is 30.4 Å². The first-order chi connectivity index (χ1) is 14.5. The second-order valence-electron chi connectivity index (χ2n) is 8.10. The molecule has 0 aliphatic carbocycles. The zero-order valence-corrected chi connectivity index (χ0v) is 21.1. The number of benzene rings is 1. The van der Waals surface area contributed by atoms with Crippen LogP contribution < -0.4 is 10.2 Å². The van der Waals surface area contributed by atoms with E-state index in [0.29, 0.717) is 12.5 Å². The Morgan fingerprint density at radius 1 is 1.29 bits per heavy atom. The summed E-state index contributed by atoms with van der Waals surface area (Å²) < 4.78 is 1.88. The van der Waals surface area contributed by atoms with E-state index in [1.807, 2.05) is 43.0 Å². The van der Waals surface area contributed by atoms with Gasteiger partial charge in [0.15, 0.2) is 5.96 Å². The zero-order chi connectivity index (χ0) is 21.1. The predicted octanol–water partition coefficient (Wildman–Crippen LogP) is 3.61. The number of likely N-dealkylation sites (tertiary alicyclic amines) is 1. The highest BCUT2D eigenvalue weighted by molar-refractivity contribution is 14.0. The quantitative estimate of drug-likeness (QED) is 0.309. The number of para-hydroxylation sites is 1. The molecule has 2 aromatic heterocycles. The van der Waals surface area contributed by atoms with Gasteiger partial charge >= 0.3 is 0 Å². The van der Waals surface area contributed by atoms with Gasteiger partial charge in [-0.25, -0.2) is 9.98 Å². The number of anilines is 1. The van der Waals surface area contributed by atoms with Crippen molar-refractivity contribution >= 4 is 46.7 Å². The molecule has 0 bridgehead atoms. The number of fused-ring (bicyclic) bond motifs is 1. The fraction of sp³-hybridized carbons (Fsp3) is 0.435. The molecule has 3 heterocycles. The van der Waals surface area contributed by atoms with Crippen LogP contribution in [0.15, 0.2) is 47.7 Å². The molecule has 0 saturated carbocycles. The van der Waals surface area contributed by atoms with Crippen LogP contribution in [0.25, 0.3) is 10.9 Å². The normalized spacial score (nSPS) is 16.5. The van der Waals surface area contributed by atoms with Gasteiger partial charge in [-0.1, -0.05) is 18.2 Å². The number of aromatic nitrogens is 3. The fourth-order valence-corrected chi connectivity index (χ4v) is 4.05. The summed E-state index contributed by atoms with van der Waals surface area (Å²) in [6.07, 6.45) is 5.24. The molecule has 3 aromatic rings. The SMILES string of the molecule is CCNC(=NCc1cc(N(C)C)nc2ccccc12)N1CCC(c2cnn(C)c2)C1.I. The van der Waals surface area contributed by atoms with E-state index in [9.17, 15) is 0 Å². The Hall–Kier alpha value is -2.36. The molecule has 1 fully saturated rings. The third-order valence-electron chi connectivity index (χ3n) is 5.66. The Kier molecular flexibility index (Phi) is 7.74. The van der Waals surface area contributed by atoms with Gasteiger partial charge in [0.05, 0.1) is 18.3 Å². The number of nitrogens with one attached hydrogen (secondary N) is 1. The van der Waals surface area contributed by atoms with E-state index in [1.54, 1.807) is 0 Å². The highest BCUT2D eigenvalue weighted by Gasteiger charge is 2.27. The Morgan fingerprint density at radius 3 is 2.81 bits per heavy atom. The largest absolute Gasteiger partial charge is 0.363 e. The van der Waals surface area contributed by atoms with E-state index in [4.69, 9.17) is 9.98 Å². The van der Waals surface area contributed by atoms with Crippen molar-refractivity contribution in [2.24, 2.45) is 12.0 Å². The molecule has 0 radical (unpaired) electrons. The van der Waals surface area contributed by atoms with Gasteiger partial charge in [-0.05, 0) is 36.6 Å². The second-order valence-corrected chi connectivity index (χ2v) is 8.10. The van der Waals surface area contributed by atoms with Crippen LogP contribution in [0.5, 0.6) is 0 Å². The number of guanidine groups is 1. The molecular formula is C23H32IN7. The number of hydrogen-bond donors (Lipinski definition) is 1. The van der Waals surface area contributed by atoms with Crippen LogP contribution >= 0.6 is 24.0 Å².